The summed E-state index contributed by atoms with van der Waals surface area (Å²) in [7, 11) is 0. The van der Waals surface area contributed by atoms with Crippen molar-refractivity contribution in [1.82, 2.24) is 25.0 Å². The van der Waals surface area contributed by atoms with Crippen LogP contribution in [0.25, 0.3) is 22.2 Å². The highest BCUT2D eigenvalue weighted by atomic mass is 16.2. The van der Waals surface area contributed by atoms with Gasteiger partial charge in [0.05, 0.1) is 23.7 Å². The summed E-state index contributed by atoms with van der Waals surface area (Å²) in [6, 6.07) is 9.56. The van der Waals surface area contributed by atoms with Crippen molar-refractivity contribution < 1.29 is 9.59 Å². The van der Waals surface area contributed by atoms with Gasteiger partial charge in [-0.3, -0.25) is 24.6 Å². The third-order valence-electron chi connectivity index (χ3n) is 5.91. The first kappa shape index (κ1) is 21.0. The van der Waals surface area contributed by atoms with Crippen LogP contribution in [0.5, 0.6) is 0 Å². The fourth-order valence-corrected chi connectivity index (χ4v) is 4.13. The van der Waals surface area contributed by atoms with Crippen LogP contribution < -0.4 is 5.32 Å². The van der Waals surface area contributed by atoms with Crippen molar-refractivity contribution in [3.05, 3.63) is 42.7 Å². The van der Waals surface area contributed by atoms with Gasteiger partial charge in [0.15, 0.2) is 0 Å². The van der Waals surface area contributed by atoms with E-state index in [0.29, 0.717) is 26.2 Å². The number of fused-ring (bicyclic) bond motifs is 1. The van der Waals surface area contributed by atoms with Gasteiger partial charge < -0.3 is 10.2 Å². The fourth-order valence-electron chi connectivity index (χ4n) is 4.13. The van der Waals surface area contributed by atoms with E-state index >= 15 is 0 Å². The zero-order valence-corrected chi connectivity index (χ0v) is 18.0. The van der Waals surface area contributed by atoms with Crippen LogP contribution in [0.2, 0.25) is 0 Å². The van der Waals surface area contributed by atoms with Crippen molar-refractivity contribution in [2.45, 2.75) is 20.3 Å². The van der Waals surface area contributed by atoms with E-state index in [4.69, 9.17) is 0 Å². The Morgan fingerprint density at radius 2 is 1.97 bits per heavy atom. The quantitative estimate of drug-likeness (QED) is 0.613. The van der Waals surface area contributed by atoms with Gasteiger partial charge in [-0.2, -0.15) is 5.10 Å². The highest BCUT2D eigenvalue weighted by Gasteiger charge is 2.30. The first-order valence-electron chi connectivity index (χ1n) is 10.8. The predicted octanol–water partition coefficient (Wildman–Crippen LogP) is 2.75. The van der Waals surface area contributed by atoms with E-state index in [2.05, 4.69) is 25.4 Å². The van der Waals surface area contributed by atoms with E-state index in [-0.39, 0.29) is 17.7 Å². The maximum absolute atomic E-state index is 12.9. The summed E-state index contributed by atoms with van der Waals surface area (Å²) < 4.78 is 0. The average molecular weight is 421 g/mol. The summed E-state index contributed by atoms with van der Waals surface area (Å²) >= 11 is 0. The van der Waals surface area contributed by atoms with Gasteiger partial charge in [0, 0.05) is 48.7 Å². The van der Waals surface area contributed by atoms with Crippen LogP contribution in [-0.2, 0) is 9.59 Å². The number of benzene rings is 1. The number of pyridine rings is 1. The molecule has 1 fully saturated rings. The first-order valence-corrected chi connectivity index (χ1v) is 10.8. The largest absolute Gasteiger partial charge is 0.342 e. The molecule has 1 atom stereocenters. The molecule has 1 saturated heterocycles. The number of aromatic nitrogens is 3. The van der Waals surface area contributed by atoms with Crippen molar-refractivity contribution in [1.29, 1.82) is 0 Å². The molecular formula is C23H28N6O2. The van der Waals surface area contributed by atoms with Gasteiger partial charge in [0.1, 0.15) is 0 Å². The molecular weight excluding hydrogens is 392 g/mol. The minimum absolute atomic E-state index is 0.00825. The average Bonchev–Trinajstić information content (AvgIpc) is 3.42. The van der Waals surface area contributed by atoms with E-state index in [1.54, 1.807) is 12.4 Å². The predicted molar refractivity (Wildman–Crippen MR) is 120 cm³/mol. The number of rotatable bonds is 7. The van der Waals surface area contributed by atoms with Crippen LogP contribution in [0.3, 0.4) is 0 Å². The summed E-state index contributed by atoms with van der Waals surface area (Å²) in [5.74, 6) is -0.00424. The number of hydrogen-bond acceptors (Lipinski definition) is 5. The number of carbonyl (C=O) groups excluding carboxylic acids is 2. The fraction of sp³-hybridized carbons (Fsp3) is 0.391. The highest BCUT2D eigenvalue weighted by Crippen LogP contribution is 2.28. The first-order chi connectivity index (χ1) is 15.1. The third kappa shape index (κ3) is 4.59. The van der Waals surface area contributed by atoms with Gasteiger partial charge in [-0.15, -0.1) is 0 Å². The molecule has 1 aliphatic heterocycles. The van der Waals surface area contributed by atoms with E-state index < -0.39 is 0 Å². The van der Waals surface area contributed by atoms with Gasteiger partial charge in [-0.1, -0.05) is 0 Å². The molecule has 162 valence electrons. The molecule has 0 radical (unpaired) electrons. The molecule has 0 saturated carbocycles. The van der Waals surface area contributed by atoms with Gasteiger partial charge in [-0.25, -0.2) is 0 Å². The molecule has 2 aromatic heterocycles. The zero-order chi connectivity index (χ0) is 21.8. The van der Waals surface area contributed by atoms with Crippen molar-refractivity contribution in [2.75, 3.05) is 38.0 Å². The van der Waals surface area contributed by atoms with Crippen LogP contribution in [-0.4, -0.2) is 69.5 Å². The molecule has 8 heteroatoms. The Bertz CT molecular complexity index is 1060. The topological polar surface area (TPSA) is 94.2 Å². The van der Waals surface area contributed by atoms with Crippen LogP contribution >= 0.6 is 0 Å². The maximum Gasteiger partial charge on any atom is 0.236 e. The number of H-pyrrole nitrogens is 1. The Kier molecular flexibility index (Phi) is 6.27. The Hall–Kier alpha value is -3.26. The molecule has 1 aromatic carbocycles. The van der Waals surface area contributed by atoms with E-state index in [1.165, 1.54) is 0 Å². The summed E-state index contributed by atoms with van der Waals surface area (Å²) in [5, 5.41) is 11.4. The second kappa shape index (κ2) is 9.26. The molecule has 2 amide bonds. The SMILES string of the molecule is CCN(CC)C(=O)CN1CC[C@@H](C(=O)Nc2ccc3n[nH]c(-c4ccncc4)c3c2)C1. The summed E-state index contributed by atoms with van der Waals surface area (Å²) in [6.07, 6.45) is 4.24. The van der Waals surface area contributed by atoms with Gasteiger partial charge in [0.2, 0.25) is 11.8 Å². The number of anilines is 1. The Morgan fingerprint density at radius 1 is 1.19 bits per heavy atom. The van der Waals surface area contributed by atoms with Crippen molar-refractivity contribution in [3.63, 3.8) is 0 Å². The molecule has 31 heavy (non-hydrogen) atoms. The maximum atomic E-state index is 12.9. The lowest BCUT2D eigenvalue weighted by Crippen LogP contribution is -2.39. The summed E-state index contributed by atoms with van der Waals surface area (Å²) in [5.41, 5.74) is 3.47. The molecule has 0 aliphatic carbocycles. The molecule has 0 unspecified atom stereocenters. The van der Waals surface area contributed by atoms with Crippen LogP contribution in [0, 0.1) is 5.92 Å². The third-order valence-corrected chi connectivity index (χ3v) is 5.91. The molecule has 3 aromatic rings. The minimum atomic E-state index is -0.121. The Morgan fingerprint density at radius 3 is 2.71 bits per heavy atom. The summed E-state index contributed by atoms with van der Waals surface area (Å²) in [6.45, 7) is 7.14. The lowest BCUT2D eigenvalue weighted by atomic mass is 10.1. The van der Waals surface area contributed by atoms with E-state index in [0.717, 1.165) is 40.8 Å². The molecule has 0 bridgehead atoms. The highest BCUT2D eigenvalue weighted by molar-refractivity contribution is 5.99. The number of aromatic amines is 1. The van der Waals surface area contributed by atoms with Crippen molar-refractivity contribution >= 4 is 28.4 Å². The molecule has 4 rings (SSSR count). The lowest BCUT2D eigenvalue weighted by molar-refractivity contribution is -0.132. The molecule has 8 nitrogen and oxygen atoms in total. The van der Waals surface area contributed by atoms with E-state index in [1.807, 2.05) is 49.1 Å². The molecule has 2 N–H and O–H groups in total. The molecule has 3 heterocycles. The molecule has 1 aliphatic rings. The van der Waals surface area contributed by atoms with Gasteiger partial charge in [-0.05, 0) is 57.1 Å². The zero-order valence-electron chi connectivity index (χ0n) is 18.0. The number of amides is 2. The van der Waals surface area contributed by atoms with Gasteiger partial charge in [0.25, 0.3) is 0 Å². The normalized spacial score (nSPS) is 16.5. The number of nitrogens with one attached hydrogen (secondary N) is 2. The van der Waals surface area contributed by atoms with Crippen molar-refractivity contribution in [3.8, 4) is 11.3 Å². The summed E-state index contributed by atoms with van der Waals surface area (Å²) in [4.78, 5) is 33.2. The number of carbonyl (C=O) groups is 2. The Labute approximate surface area is 181 Å². The smallest absolute Gasteiger partial charge is 0.236 e. The van der Waals surface area contributed by atoms with Crippen LogP contribution in [0.15, 0.2) is 42.7 Å². The monoisotopic (exact) mass is 420 g/mol. The van der Waals surface area contributed by atoms with Gasteiger partial charge >= 0.3 is 0 Å². The second-order valence-electron chi connectivity index (χ2n) is 7.84. The number of likely N-dealkylation sites (tertiary alicyclic amines) is 1. The van der Waals surface area contributed by atoms with E-state index in [9.17, 15) is 9.59 Å². The molecule has 0 spiro atoms. The standard InChI is InChI=1S/C23H28N6O2/c1-3-29(4-2)21(30)15-28-12-9-17(14-28)23(31)25-18-5-6-20-19(13-18)22(27-26-20)16-7-10-24-11-8-16/h5-8,10-11,13,17H,3-4,9,12,14-15H2,1-2H3,(H,25,31)(H,26,27)/t17-/m1/s1. The number of hydrogen-bond donors (Lipinski definition) is 2. The van der Waals surface area contributed by atoms with Crippen LogP contribution in [0.1, 0.15) is 20.3 Å². The minimum Gasteiger partial charge on any atom is -0.342 e. The number of nitrogens with zero attached hydrogens (tertiary/aromatic N) is 4. The second-order valence-corrected chi connectivity index (χ2v) is 7.84. The van der Waals surface area contributed by atoms with Crippen LogP contribution in [0.4, 0.5) is 5.69 Å². The Balaban J connectivity index is 1.41. The van der Waals surface area contributed by atoms with Crippen molar-refractivity contribution in [2.24, 2.45) is 5.92 Å². The lowest BCUT2D eigenvalue weighted by Gasteiger charge is -2.22. The number of likely N-dealkylation sites (N-methyl/N-ethyl adjacent to an activating group) is 1.